The van der Waals surface area contributed by atoms with Crippen LogP contribution in [0.4, 0.5) is 0 Å². The van der Waals surface area contributed by atoms with E-state index in [0.717, 1.165) is 11.8 Å². The van der Waals surface area contributed by atoms with Gasteiger partial charge in [-0.15, -0.1) is 0 Å². The van der Waals surface area contributed by atoms with Gasteiger partial charge in [0.1, 0.15) is 24.4 Å². The number of ether oxygens (including phenoxy) is 7. The number of allylic oxidation sites excluding steroid dienone is 1. The number of hydrogen-bond acceptors (Lipinski definition) is 13. The predicted molar refractivity (Wildman–Crippen MR) is 136 cm³/mol. The van der Waals surface area contributed by atoms with Crippen LogP contribution in [0.15, 0.2) is 41.7 Å². The Bertz CT molecular complexity index is 1080. The highest BCUT2D eigenvalue weighted by atomic mass is 16.8. The van der Waals surface area contributed by atoms with Crippen LogP contribution in [0.5, 0.6) is 11.5 Å². The maximum Gasteiger partial charge on any atom is 0.337 e. The fraction of sp³-hybridized carbons (Fsp3) is 0.556. The molecule has 1 fully saturated rings. The molecule has 0 aliphatic carbocycles. The number of rotatable bonds is 11. The summed E-state index contributed by atoms with van der Waals surface area (Å²) < 4.78 is 37.5. The topological polar surface area (TPSA) is 180 Å². The first-order valence-corrected chi connectivity index (χ1v) is 12.6. The van der Waals surface area contributed by atoms with Crippen molar-refractivity contribution in [3.63, 3.8) is 0 Å². The zero-order chi connectivity index (χ0) is 29.4. The van der Waals surface area contributed by atoms with Gasteiger partial charge in [-0.05, 0) is 24.6 Å². The Labute approximate surface area is 231 Å². The van der Waals surface area contributed by atoms with Crippen molar-refractivity contribution in [3.05, 3.63) is 47.2 Å². The highest BCUT2D eigenvalue weighted by Crippen LogP contribution is 2.36. The van der Waals surface area contributed by atoms with Crippen LogP contribution in [0.2, 0.25) is 0 Å². The summed E-state index contributed by atoms with van der Waals surface area (Å²) in [7, 11) is 4.24. The minimum atomic E-state index is -1.68. The Hall–Kier alpha value is -3.20. The zero-order valence-corrected chi connectivity index (χ0v) is 22.7. The smallest absolute Gasteiger partial charge is 0.337 e. The Balaban J connectivity index is 1.70. The van der Waals surface area contributed by atoms with Crippen molar-refractivity contribution in [3.8, 4) is 11.5 Å². The van der Waals surface area contributed by atoms with Crippen molar-refractivity contribution in [2.75, 3.05) is 34.5 Å². The summed E-state index contributed by atoms with van der Waals surface area (Å²) in [5.41, 5.74) is 1.23. The van der Waals surface area contributed by atoms with Crippen LogP contribution >= 0.6 is 0 Å². The molecule has 13 nitrogen and oxygen atoms in total. The minimum Gasteiger partial charge on any atom is -0.493 e. The quantitative estimate of drug-likeness (QED) is 0.207. The zero-order valence-electron chi connectivity index (χ0n) is 22.7. The standard InChI is InChI=1S/C27H36O13/c1-5-15-16(11-21(29)37-9-8-14-6-7-18(34-2)19(10-14)35-3)17(25(33)36-4)13-38-26(15)40-27-24(32)23(31)22(30)20(12-28)39-27/h5-7,10,13,16,20,22-24,26-28,30-32H,8-9,11-12H2,1-4H3/t16-,20-,22+,23-,24+,26-,27-/m0/s1. The second-order valence-corrected chi connectivity index (χ2v) is 9.07. The molecular weight excluding hydrogens is 532 g/mol. The number of aliphatic hydroxyl groups excluding tert-OH is 4. The fourth-order valence-corrected chi connectivity index (χ4v) is 4.47. The highest BCUT2D eigenvalue weighted by molar-refractivity contribution is 5.90. The van der Waals surface area contributed by atoms with Crippen molar-refractivity contribution in [1.82, 2.24) is 0 Å². The Morgan fingerprint density at radius 3 is 2.38 bits per heavy atom. The van der Waals surface area contributed by atoms with Crippen LogP contribution < -0.4 is 9.47 Å². The van der Waals surface area contributed by atoms with E-state index >= 15 is 0 Å². The average Bonchev–Trinajstić information content (AvgIpc) is 2.96. The molecule has 3 rings (SSSR count). The number of carbonyl (C=O) groups is 2. The Kier molecular flexibility index (Phi) is 11.3. The van der Waals surface area contributed by atoms with Crippen LogP contribution in [0.25, 0.3) is 0 Å². The summed E-state index contributed by atoms with van der Waals surface area (Å²) in [4.78, 5) is 25.3. The van der Waals surface area contributed by atoms with E-state index in [9.17, 15) is 30.0 Å². The molecule has 4 N–H and O–H groups in total. The first-order chi connectivity index (χ1) is 19.2. The Morgan fingerprint density at radius 1 is 1.02 bits per heavy atom. The number of benzene rings is 1. The molecule has 0 unspecified atom stereocenters. The number of hydrogen-bond donors (Lipinski definition) is 4. The van der Waals surface area contributed by atoms with Crippen LogP contribution in [-0.2, 0) is 39.7 Å². The van der Waals surface area contributed by atoms with Gasteiger partial charge in [-0.25, -0.2) is 4.79 Å². The lowest BCUT2D eigenvalue weighted by molar-refractivity contribution is -0.327. The summed E-state index contributed by atoms with van der Waals surface area (Å²) in [6.45, 7) is 1.06. The highest BCUT2D eigenvalue weighted by Gasteiger charge is 2.46. The number of aliphatic hydroxyl groups is 4. The third-order valence-electron chi connectivity index (χ3n) is 6.70. The van der Waals surface area contributed by atoms with E-state index in [2.05, 4.69) is 0 Å². The van der Waals surface area contributed by atoms with Crippen molar-refractivity contribution < 1.29 is 63.2 Å². The molecule has 7 atom stereocenters. The summed E-state index contributed by atoms with van der Waals surface area (Å²) in [6.07, 6.45) is -6.04. The average molecular weight is 569 g/mol. The second kappa shape index (κ2) is 14.4. The van der Waals surface area contributed by atoms with Gasteiger partial charge >= 0.3 is 11.9 Å². The van der Waals surface area contributed by atoms with Crippen LogP contribution in [-0.4, -0.2) is 104 Å². The van der Waals surface area contributed by atoms with E-state index in [1.165, 1.54) is 21.3 Å². The van der Waals surface area contributed by atoms with Crippen LogP contribution in [0, 0.1) is 5.92 Å². The van der Waals surface area contributed by atoms with Gasteiger partial charge in [-0.1, -0.05) is 12.1 Å². The van der Waals surface area contributed by atoms with Crippen molar-refractivity contribution in [2.24, 2.45) is 5.92 Å². The lowest BCUT2D eigenvalue weighted by atomic mass is 9.86. The van der Waals surface area contributed by atoms with Gasteiger partial charge in [0.2, 0.25) is 6.29 Å². The van der Waals surface area contributed by atoms with Gasteiger partial charge in [0, 0.05) is 17.9 Å². The van der Waals surface area contributed by atoms with Crippen LogP contribution in [0.3, 0.4) is 0 Å². The van der Waals surface area contributed by atoms with E-state index in [4.69, 9.17) is 33.2 Å². The molecule has 0 aromatic heterocycles. The first-order valence-electron chi connectivity index (χ1n) is 12.6. The largest absolute Gasteiger partial charge is 0.493 e. The maximum absolute atomic E-state index is 12.8. The van der Waals surface area contributed by atoms with Gasteiger partial charge in [-0.3, -0.25) is 4.79 Å². The lowest BCUT2D eigenvalue weighted by Gasteiger charge is -2.41. The van der Waals surface area contributed by atoms with E-state index in [-0.39, 0.29) is 18.6 Å². The van der Waals surface area contributed by atoms with Crippen molar-refractivity contribution in [1.29, 1.82) is 0 Å². The first kappa shape index (κ1) is 31.3. The molecule has 0 saturated carbocycles. The van der Waals surface area contributed by atoms with E-state index in [0.29, 0.717) is 23.5 Å². The van der Waals surface area contributed by atoms with Gasteiger partial charge in [0.25, 0.3) is 0 Å². The third kappa shape index (κ3) is 7.11. The minimum absolute atomic E-state index is 0.0427. The SMILES string of the molecule is CC=C1[C@H](O[C@@H]2O[C@@H](CO)[C@@H](O)[C@H](O)[C@H]2O)OC=C(C(=O)OC)[C@H]1CC(=O)OCCc1ccc(OC)c(OC)c1. The molecule has 2 aliphatic rings. The molecule has 13 heteroatoms. The number of esters is 2. The van der Waals surface area contributed by atoms with Gasteiger partial charge in [0.15, 0.2) is 17.8 Å². The summed E-state index contributed by atoms with van der Waals surface area (Å²) in [6, 6.07) is 5.35. The second-order valence-electron chi connectivity index (χ2n) is 9.07. The molecule has 222 valence electrons. The number of methoxy groups -OCH3 is 3. The molecule has 40 heavy (non-hydrogen) atoms. The molecule has 1 aromatic carbocycles. The van der Waals surface area contributed by atoms with Gasteiger partial charge < -0.3 is 53.6 Å². The Morgan fingerprint density at radius 2 is 1.75 bits per heavy atom. The summed E-state index contributed by atoms with van der Waals surface area (Å²) >= 11 is 0. The monoisotopic (exact) mass is 568 g/mol. The fourth-order valence-electron chi connectivity index (χ4n) is 4.47. The van der Waals surface area contributed by atoms with Crippen molar-refractivity contribution >= 4 is 11.9 Å². The summed E-state index contributed by atoms with van der Waals surface area (Å²) in [5, 5.41) is 39.9. The van der Waals surface area contributed by atoms with Crippen LogP contribution in [0.1, 0.15) is 18.9 Å². The molecular formula is C27H36O13. The van der Waals surface area contributed by atoms with E-state index in [1.54, 1.807) is 25.1 Å². The van der Waals surface area contributed by atoms with Crippen molar-refractivity contribution in [2.45, 2.75) is 56.8 Å². The third-order valence-corrected chi connectivity index (χ3v) is 6.70. The molecule has 1 saturated heterocycles. The normalized spacial score (nSPS) is 29.2. The molecule has 0 spiro atoms. The predicted octanol–water partition coefficient (Wildman–Crippen LogP) is -0.0282. The molecule has 1 aromatic rings. The van der Waals surface area contributed by atoms with Gasteiger partial charge in [0.05, 0.1) is 52.8 Å². The molecule has 0 radical (unpaired) electrons. The van der Waals surface area contributed by atoms with E-state index in [1.807, 2.05) is 6.07 Å². The molecule has 0 amide bonds. The number of carbonyl (C=O) groups excluding carboxylic acids is 2. The molecule has 2 heterocycles. The molecule has 0 bridgehead atoms. The summed E-state index contributed by atoms with van der Waals surface area (Å²) in [5.74, 6) is -1.08. The lowest BCUT2D eigenvalue weighted by Crippen LogP contribution is -2.60. The maximum atomic E-state index is 12.8. The van der Waals surface area contributed by atoms with Gasteiger partial charge in [-0.2, -0.15) is 0 Å². The molecule has 2 aliphatic heterocycles. The van der Waals surface area contributed by atoms with E-state index < -0.39 is 61.5 Å².